The van der Waals surface area contributed by atoms with Crippen molar-refractivity contribution in [3.05, 3.63) is 46.4 Å². The van der Waals surface area contributed by atoms with E-state index in [2.05, 4.69) is 0 Å². The number of ketones is 1. The first kappa shape index (κ1) is 12.0. The number of carbonyl (C=O) groups excluding carboxylic acids is 1. The Bertz CT molecular complexity index is 492. The number of aliphatic hydroxyl groups is 1. The van der Waals surface area contributed by atoms with Gasteiger partial charge in [-0.05, 0) is 17.7 Å². The average molecular weight is 255 g/mol. The van der Waals surface area contributed by atoms with E-state index >= 15 is 0 Å². The van der Waals surface area contributed by atoms with Gasteiger partial charge in [-0.25, -0.2) is 0 Å². The van der Waals surface area contributed by atoms with Gasteiger partial charge in [0.25, 0.3) is 0 Å². The summed E-state index contributed by atoms with van der Waals surface area (Å²) < 4.78 is 9.87. The Balaban J connectivity index is 2.49. The third-order valence-electron chi connectivity index (χ3n) is 2.74. The number of benzene rings is 1. The Hall–Kier alpha value is -1.52. The Morgan fingerprint density at radius 1 is 1.18 bits per heavy atom. The summed E-state index contributed by atoms with van der Waals surface area (Å²) >= 11 is 5.75. The molecule has 0 saturated heterocycles. The predicted octanol–water partition coefficient (Wildman–Crippen LogP) is 1.61. The van der Waals surface area contributed by atoms with Gasteiger partial charge in [-0.3, -0.25) is 4.79 Å². The van der Waals surface area contributed by atoms with Crippen LogP contribution in [0.3, 0.4) is 0 Å². The van der Waals surface area contributed by atoms with Crippen LogP contribution < -0.4 is 0 Å². The molecule has 17 heavy (non-hydrogen) atoms. The molecule has 1 N–H and O–H groups in total. The fourth-order valence-corrected chi connectivity index (χ4v) is 1.98. The maximum Gasteiger partial charge on any atom is 0.245 e. The number of carbonyl (C=O) groups is 1. The zero-order valence-corrected chi connectivity index (χ0v) is 10.1. The van der Waals surface area contributed by atoms with Gasteiger partial charge in [0, 0.05) is 5.02 Å². The highest BCUT2D eigenvalue weighted by atomic mass is 35.5. The summed E-state index contributed by atoms with van der Waals surface area (Å²) in [6.45, 7) is 0. The fraction of sp³-hybridized carbons (Fsp3) is 0.250. The van der Waals surface area contributed by atoms with Gasteiger partial charge >= 0.3 is 0 Å². The van der Waals surface area contributed by atoms with Crippen LogP contribution in [0.5, 0.6) is 0 Å². The normalized spacial score (nSPS) is 23.4. The molecule has 0 radical (unpaired) electrons. The largest absolute Gasteiger partial charge is 0.493 e. The average Bonchev–Trinajstić information content (AvgIpc) is 2.34. The third-order valence-corrected chi connectivity index (χ3v) is 2.99. The van der Waals surface area contributed by atoms with E-state index < -0.39 is 11.4 Å². The number of hydrogen-bond acceptors (Lipinski definition) is 4. The van der Waals surface area contributed by atoms with E-state index in [1.165, 1.54) is 14.2 Å². The van der Waals surface area contributed by atoms with Crippen LogP contribution in [-0.2, 0) is 19.9 Å². The maximum absolute atomic E-state index is 11.8. The second-order valence-corrected chi connectivity index (χ2v) is 4.05. The van der Waals surface area contributed by atoms with Gasteiger partial charge in [0.15, 0.2) is 5.76 Å². The van der Waals surface area contributed by atoms with Gasteiger partial charge < -0.3 is 14.6 Å². The van der Waals surface area contributed by atoms with E-state index in [0.717, 1.165) is 0 Å². The van der Waals surface area contributed by atoms with Gasteiger partial charge in [0.1, 0.15) is 0 Å². The van der Waals surface area contributed by atoms with Crippen LogP contribution in [0, 0.1) is 0 Å². The molecule has 0 spiro atoms. The molecule has 0 aromatic heterocycles. The summed E-state index contributed by atoms with van der Waals surface area (Å²) in [6, 6.07) is 6.35. The minimum atomic E-state index is -1.76. The zero-order chi connectivity index (χ0) is 12.6. The second kappa shape index (κ2) is 4.05. The number of ether oxygens (including phenoxy) is 2. The van der Waals surface area contributed by atoms with Crippen LogP contribution >= 0.6 is 11.6 Å². The van der Waals surface area contributed by atoms with Gasteiger partial charge in [-0.2, -0.15) is 0 Å². The molecule has 0 unspecified atom stereocenters. The fourth-order valence-electron chi connectivity index (χ4n) is 1.85. The molecule has 4 nitrogen and oxygen atoms in total. The Kier molecular flexibility index (Phi) is 2.85. The van der Waals surface area contributed by atoms with Crippen molar-refractivity contribution >= 4 is 17.4 Å². The number of methoxy groups -OCH3 is 2. The number of halogens is 1. The molecule has 1 atom stereocenters. The molecule has 0 amide bonds. The highest BCUT2D eigenvalue weighted by molar-refractivity contribution is 6.30. The van der Waals surface area contributed by atoms with Gasteiger partial charge in [-0.15, -0.1) is 0 Å². The molecular formula is C12H11ClO4. The van der Waals surface area contributed by atoms with E-state index in [9.17, 15) is 9.90 Å². The molecule has 0 heterocycles. The summed E-state index contributed by atoms with van der Waals surface area (Å²) in [5, 5.41) is 10.9. The lowest BCUT2D eigenvalue weighted by molar-refractivity contribution is -0.146. The maximum atomic E-state index is 11.8. The third kappa shape index (κ3) is 1.52. The first-order valence-corrected chi connectivity index (χ1v) is 5.29. The van der Waals surface area contributed by atoms with Crippen LogP contribution in [-0.4, -0.2) is 25.1 Å². The Morgan fingerprint density at radius 2 is 1.76 bits per heavy atom. The van der Waals surface area contributed by atoms with Gasteiger partial charge in [0.05, 0.1) is 14.2 Å². The van der Waals surface area contributed by atoms with E-state index in [0.29, 0.717) is 10.6 Å². The standard InChI is InChI=1S/C12H11ClO4/c1-16-9-10(14)12(15,11(9)17-2)7-3-5-8(13)6-4-7/h3-6,15H,1-2H3/t12-/m0/s1. The summed E-state index contributed by atoms with van der Waals surface area (Å²) in [6.07, 6.45) is 0. The van der Waals surface area contributed by atoms with Gasteiger partial charge in [0.2, 0.25) is 17.1 Å². The van der Waals surface area contributed by atoms with Crippen molar-refractivity contribution in [3.8, 4) is 0 Å². The van der Waals surface area contributed by atoms with Crippen LogP contribution in [0.15, 0.2) is 35.8 Å². The van der Waals surface area contributed by atoms with Crippen molar-refractivity contribution in [2.45, 2.75) is 5.60 Å². The van der Waals surface area contributed by atoms with E-state index in [4.69, 9.17) is 21.1 Å². The molecule has 2 rings (SSSR count). The first-order chi connectivity index (χ1) is 8.05. The molecule has 1 aromatic rings. The second-order valence-electron chi connectivity index (χ2n) is 3.61. The minimum Gasteiger partial charge on any atom is -0.493 e. The lowest BCUT2D eigenvalue weighted by Gasteiger charge is -2.37. The summed E-state index contributed by atoms with van der Waals surface area (Å²) in [5.74, 6) is -0.351. The quantitative estimate of drug-likeness (QED) is 0.891. The number of hydrogen-bond donors (Lipinski definition) is 1. The topological polar surface area (TPSA) is 55.8 Å². The van der Waals surface area contributed by atoms with Crippen molar-refractivity contribution in [3.63, 3.8) is 0 Å². The Morgan fingerprint density at radius 3 is 2.24 bits per heavy atom. The van der Waals surface area contributed by atoms with Crippen molar-refractivity contribution in [2.24, 2.45) is 0 Å². The minimum absolute atomic E-state index is 0.0462. The van der Waals surface area contributed by atoms with Gasteiger partial charge in [-0.1, -0.05) is 23.7 Å². The van der Waals surface area contributed by atoms with Crippen LogP contribution in [0.1, 0.15) is 5.56 Å². The van der Waals surface area contributed by atoms with Crippen molar-refractivity contribution in [2.75, 3.05) is 14.2 Å². The summed E-state index contributed by atoms with van der Waals surface area (Å²) in [5.41, 5.74) is -1.35. The molecule has 0 saturated carbocycles. The molecule has 5 heteroatoms. The van der Waals surface area contributed by atoms with Crippen molar-refractivity contribution < 1.29 is 19.4 Å². The van der Waals surface area contributed by atoms with E-state index in [1.807, 2.05) is 0 Å². The molecule has 0 bridgehead atoms. The molecule has 0 fully saturated rings. The molecule has 90 valence electrons. The van der Waals surface area contributed by atoms with Crippen molar-refractivity contribution in [1.82, 2.24) is 0 Å². The molecular weight excluding hydrogens is 244 g/mol. The highest BCUT2D eigenvalue weighted by Gasteiger charge is 2.57. The monoisotopic (exact) mass is 254 g/mol. The molecule has 0 aliphatic heterocycles. The smallest absolute Gasteiger partial charge is 0.245 e. The highest BCUT2D eigenvalue weighted by Crippen LogP contribution is 2.43. The van der Waals surface area contributed by atoms with Crippen LogP contribution in [0.4, 0.5) is 0 Å². The lowest BCUT2D eigenvalue weighted by Crippen LogP contribution is -2.49. The SMILES string of the molecule is COC1=C(OC)[C@](O)(c2ccc(Cl)cc2)C1=O. The first-order valence-electron chi connectivity index (χ1n) is 4.91. The van der Waals surface area contributed by atoms with Crippen LogP contribution in [0.2, 0.25) is 5.02 Å². The molecule has 1 aliphatic rings. The zero-order valence-electron chi connectivity index (χ0n) is 9.36. The number of rotatable bonds is 3. The summed E-state index contributed by atoms with van der Waals surface area (Å²) in [4.78, 5) is 11.8. The Labute approximate surface area is 103 Å². The number of Topliss-reactive ketones (excluding diaryl/α,β-unsaturated/α-hetero) is 1. The molecule has 1 aliphatic carbocycles. The summed E-state index contributed by atoms with van der Waals surface area (Å²) in [7, 11) is 2.73. The van der Waals surface area contributed by atoms with E-state index in [-0.39, 0.29) is 11.5 Å². The lowest BCUT2D eigenvalue weighted by atomic mass is 9.77. The van der Waals surface area contributed by atoms with Crippen molar-refractivity contribution in [1.29, 1.82) is 0 Å². The van der Waals surface area contributed by atoms with Crippen LogP contribution in [0.25, 0.3) is 0 Å². The van der Waals surface area contributed by atoms with E-state index in [1.54, 1.807) is 24.3 Å². The molecule has 1 aromatic carbocycles. The predicted molar refractivity (Wildman–Crippen MR) is 61.4 cm³/mol.